The molecule has 40 heavy (non-hydrogen) atoms. The van der Waals surface area contributed by atoms with E-state index in [0.717, 1.165) is 59.9 Å². The van der Waals surface area contributed by atoms with Gasteiger partial charge in [0.25, 0.3) is 5.91 Å². The summed E-state index contributed by atoms with van der Waals surface area (Å²) in [5.74, 6) is 4.77. The number of allylic oxidation sites excluding steroid dienone is 1. The van der Waals surface area contributed by atoms with E-state index < -0.39 is 5.95 Å². The van der Waals surface area contributed by atoms with Gasteiger partial charge in [-0.05, 0) is 89.6 Å². The predicted molar refractivity (Wildman–Crippen MR) is 156 cm³/mol. The molecule has 6 rings (SSSR count). The Morgan fingerprint density at radius 3 is 2.40 bits per heavy atom. The molecular formula is C33H33FN4O2. The lowest BCUT2D eigenvalue weighted by Gasteiger charge is -2.31. The molecule has 1 aliphatic carbocycles. The Kier molecular flexibility index (Phi) is 7.58. The highest BCUT2D eigenvalue weighted by molar-refractivity contribution is 6.01. The Labute approximate surface area is 233 Å². The van der Waals surface area contributed by atoms with Gasteiger partial charge in [-0.15, -0.1) is 5.10 Å². The van der Waals surface area contributed by atoms with E-state index in [1.54, 1.807) is 10.8 Å². The molecule has 4 aromatic rings. The Hall–Kier alpha value is -4.07. The highest BCUT2D eigenvalue weighted by Gasteiger charge is 2.28. The molecule has 3 aromatic carbocycles. The number of nitrogens with zero attached hydrogens (tertiary/aromatic N) is 2. The third-order valence-corrected chi connectivity index (χ3v) is 8.01. The van der Waals surface area contributed by atoms with Gasteiger partial charge in [0.15, 0.2) is 6.23 Å². The third kappa shape index (κ3) is 5.22. The lowest BCUT2D eigenvalue weighted by Crippen LogP contribution is -2.27. The Morgan fingerprint density at radius 2 is 1.73 bits per heavy atom. The van der Waals surface area contributed by atoms with Crippen LogP contribution in [-0.4, -0.2) is 22.3 Å². The van der Waals surface area contributed by atoms with Crippen LogP contribution in [0.25, 0.3) is 28.1 Å². The number of nitrogens with one attached hydrogen (secondary N) is 1. The summed E-state index contributed by atoms with van der Waals surface area (Å²) in [6.45, 7) is 0.669. The van der Waals surface area contributed by atoms with Crippen molar-refractivity contribution in [2.45, 2.75) is 44.8 Å². The van der Waals surface area contributed by atoms with Crippen molar-refractivity contribution >= 4 is 34.0 Å². The second kappa shape index (κ2) is 11.6. The zero-order chi connectivity index (χ0) is 27.5. The molecule has 204 valence electrons. The molecule has 1 saturated carbocycles. The Balaban J connectivity index is 1.50. The van der Waals surface area contributed by atoms with Gasteiger partial charge >= 0.3 is 0 Å². The van der Waals surface area contributed by atoms with Crippen molar-refractivity contribution in [3.05, 3.63) is 107 Å². The summed E-state index contributed by atoms with van der Waals surface area (Å²) in [7, 11) is 0. The molecule has 1 aliphatic heterocycles. The summed E-state index contributed by atoms with van der Waals surface area (Å²) in [5.41, 5.74) is 9.27. The monoisotopic (exact) mass is 536 g/mol. The fourth-order valence-electron chi connectivity index (χ4n) is 5.75. The smallest absolute Gasteiger partial charge is 0.257 e. The average molecular weight is 537 g/mol. The molecule has 6 nitrogen and oxygen atoms in total. The number of rotatable bonds is 7. The van der Waals surface area contributed by atoms with Crippen molar-refractivity contribution in [1.82, 2.24) is 15.2 Å². The molecule has 1 aromatic heterocycles. The predicted octanol–water partition coefficient (Wildman–Crippen LogP) is 6.64. The number of benzene rings is 3. The number of nitrogens with two attached hydrogens (primary N) is 1. The molecule has 2 aliphatic rings. The van der Waals surface area contributed by atoms with Crippen LogP contribution < -0.4 is 11.3 Å². The molecule has 1 atom stereocenters. The minimum Gasteiger partial charge on any atom is -0.356 e. The maximum Gasteiger partial charge on any atom is 0.257 e. The summed E-state index contributed by atoms with van der Waals surface area (Å²) < 4.78 is 23.0. The van der Waals surface area contributed by atoms with Gasteiger partial charge in [0.1, 0.15) is 0 Å². The van der Waals surface area contributed by atoms with Gasteiger partial charge in [-0.2, -0.15) is 4.39 Å². The van der Waals surface area contributed by atoms with Crippen LogP contribution in [0.4, 0.5) is 4.39 Å². The van der Waals surface area contributed by atoms with Gasteiger partial charge in [0, 0.05) is 12.7 Å². The van der Waals surface area contributed by atoms with Crippen molar-refractivity contribution in [2.75, 3.05) is 6.61 Å². The number of hydrogen-bond donors (Lipinski definition) is 2. The normalized spacial score (nSPS) is 18.5. The summed E-state index contributed by atoms with van der Waals surface area (Å²) in [5, 5.41) is 4.76. The number of carbonyl (C=O) groups excluding carboxylic acids is 1. The van der Waals surface area contributed by atoms with Crippen molar-refractivity contribution in [1.29, 1.82) is 0 Å². The van der Waals surface area contributed by atoms with Crippen molar-refractivity contribution in [3.8, 4) is 0 Å². The summed E-state index contributed by atoms with van der Waals surface area (Å²) in [6.07, 6.45) is 9.23. The zero-order valence-electron chi connectivity index (χ0n) is 22.4. The Bertz CT molecular complexity index is 1560. The van der Waals surface area contributed by atoms with Crippen LogP contribution in [0.5, 0.6) is 0 Å². The third-order valence-electron chi connectivity index (χ3n) is 8.01. The zero-order valence-corrected chi connectivity index (χ0v) is 22.4. The SMILES string of the molecule is NNC(=O)C=Cc1ccc(C(=C(c2ccccc2)C2CCC2)c2ccc3c(c2)c(F)nn3C2CCCCO2)cc1. The van der Waals surface area contributed by atoms with E-state index in [4.69, 9.17) is 10.6 Å². The molecule has 2 heterocycles. The van der Waals surface area contributed by atoms with Gasteiger partial charge < -0.3 is 4.74 Å². The topological polar surface area (TPSA) is 82.2 Å². The first-order chi connectivity index (χ1) is 19.6. The van der Waals surface area contributed by atoms with Crippen LogP contribution in [0.3, 0.4) is 0 Å². The van der Waals surface area contributed by atoms with Gasteiger partial charge in [0.2, 0.25) is 5.95 Å². The van der Waals surface area contributed by atoms with Crippen LogP contribution >= 0.6 is 0 Å². The molecule has 0 radical (unpaired) electrons. The van der Waals surface area contributed by atoms with E-state index in [-0.39, 0.29) is 12.1 Å². The molecule has 7 heteroatoms. The van der Waals surface area contributed by atoms with E-state index in [1.807, 2.05) is 30.3 Å². The number of ether oxygens (including phenoxy) is 1. The number of amides is 1. The number of carbonyl (C=O) groups is 1. The van der Waals surface area contributed by atoms with Crippen LogP contribution in [0.1, 0.15) is 67.0 Å². The molecular weight excluding hydrogens is 503 g/mol. The fourth-order valence-corrected chi connectivity index (χ4v) is 5.75. The first-order valence-electron chi connectivity index (χ1n) is 14.0. The quantitative estimate of drug-likeness (QED) is 0.0912. The minimum atomic E-state index is -0.478. The molecule has 1 amide bonds. The highest BCUT2D eigenvalue weighted by Crippen LogP contribution is 2.45. The summed E-state index contributed by atoms with van der Waals surface area (Å²) >= 11 is 0. The molecule has 1 unspecified atom stereocenters. The van der Waals surface area contributed by atoms with E-state index >= 15 is 4.39 Å². The van der Waals surface area contributed by atoms with E-state index in [1.165, 1.54) is 23.6 Å². The molecule has 0 spiro atoms. The van der Waals surface area contributed by atoms with Crippen molar-refractivity contribution in [2.24, 2.45) is 11.8 Å². The first kappa shape index (κ1) is 26.2. The number of hydrogen-bond acceptors (Lipinski definition) is 4. The highest BCUT2D eigenvalue weighted by atomic mass is 19.1. The summed E-state index contributed by atoms with van der Waals surface area (Å²) in [4.78, 5) is 11.6. The average Bonchev–Trinajstić information content (AvgIpc) is 3.31. The van der Waals surface area contributed by atoms with Gasteiger partial charge in [-0.3, -0.25) is 10.2 Å². The standard InChI is InChI=1S/C33H33FN4O2/c34-33-27-21-26(17-18-28(27)38(37-33)30-11-4-5-20-40-30)32(25-15-12-22(13-16-25)14-19-29(39)36-35)31(24-9-6-10-24)23-7-2-1-3-8-23/h1-3,7-8,12-19,21,24,30H,4-6,9-11,20,35H2,(H,36,39). The van der Waals surface area contributed by atoms with Crippen LogP contribution in [0, 0.1) is 11.9 Å². The fraction of sp³-hybridized carbons (Fsp3) is 0.273. The number of aromatic nitrogens is 2. The van der Waals surface area contributed by atoms with Crippen molar-refractivity contribution < 1.29 is 13.9 Å². The second-order valence-electron chi connectivity index (χ2n) is 10.5. The van der Waals surface area contributed by atoms with Crippen LogP contribution in [0.2, 0.25) is 0 Å². The van der Waals surface area contributed by atoms with Gasteiger partial charge in [0.05, 0.1) is 10.9 Å². The molecule has 0 bridgehead atoms. The largest absolute Gasteiger partial charge is 0.356 e. The molecule has 3 N–H and O–H groups in total. The van der Waals surface area contributed by atoms with E-state index in [0.29, 0.717) is 17.9 Å². The number of halogens is 1. The van der Waals surface area contributed by atoms with Crippen LogP contribution in [0.15, 0.2) is 78.9 Å². The second-order valence-corrected chi connectivity index (χ2v) is 10.5. The van der Waals surface area contributed by atoms with Crippen molar-refractivity contribution in [3.63, 3.8) is 0 Å². The van der Waals surface area contributed by atoms with E-state index in [2.05, 4.69) is 53.0 Å². The number of hydrazine groups is 1. The van der Waals surface area contributed by atoms with E-state index in [9.17, 15) is 4.79 Å². The van der Waals surface area contributed by atoms with Gasteiger partial charge in [-0.25, -0.2) is 10.5 Å². The maximum absolute atomic E-state index is 15.3. The lowest BCUT2D eigenvalue weighted by molar-refractivity contribution is -0.116. The van der Waals surface area contributed by atoms with Gasteiger partial charge in [-0.1, -0.05) is 67.1 Å². The maximum atomic E-state index is 15.3. The number of fused-ring (bicyclic) bond motifs is 1. The first-order valence-corrected chi connectivity index (χ1v) is 14.0. The lowest BCUT2D eigenvalue weighted by atomic mass is 9.73. The molecule has 2 fully saturated rings. The summed E-state index contributed by atoms with van der Waals surface area (Å²) in [6, 6.07) is 24.6. The minimum absolute atomic E-state index is 0.238. The Morgan fingerprint density at radius 1 is 0.950 bits per heavy atom. The van der Waals surface area contributed by atoms with Crippen LogP contribution in [-0.2, 0) is 9.53 Å². The molecule has 1 saturated heterocycles.